The molecule has 0 radical (unpaired) electrons. The zero-order valence-corrected chi connectivity index (χ0v) is 24.9. The summed E-state index contributed by atoms with van der Waals surface area (Å²) in [5.41, 5.74) is 2.16. The zero-order chi connectivity index (χ0) is 29.6. The monoisotopic (exact) mass is 604 g/mol. The number of benzene rings is 3. The normalized spacial score (nSPS) is 14.4. The van der Waals surface area contributed by atoms with Crippen LogP contribution < -0.4 is 29.1 Å². The van der Waals surface area contributed by atoms with Gasteiger partial charge in [-0.1, -0.05) is 65.4 Å². The fourth-order valence-electron chi connectivity index (χ4n) is 4.63. The van der Waals surface area contributed by atoms with Gasteiger partial charge in [0.05, 0.1) is 36.5 Å². The number of fused-ring (bicyclic) bond motifs is 1. The Kier molecular flexibility index (Phi) is 9.09. The van der Waals surface area contributed by atoms with Crippen molar-refractivity contribution in [2.24, 2.45) is 4.99 Å². The average Bonchev–Trinajstić information content (AvgIpc) is 3.32. The van der Waals surface area contributed by atoms with E-state index in [1.54, 1.807) is 18.2 Å². The summed E-state index contributed by atoms with van der Waals surface area (Å²) in [5.74, 6) is 1.11. The number of hydrogen-bond acceptors (Lipinski definition) is 8. The molecule has 1 aliphatic rings. The molecule has 0 spiro atoms. The van der Waals surface area contributed by atoms with Crippen molar-refractivity contribution in [3.05, 3.63) is 120 Å². The molecule has 0 amide bonds. The van der Waals surface area contributed by atoms with Gasteiger partial charge < -0.3 is 18.9 Å². The number of hydrogen-bond donors (Lipinski definition) is 0. The highest BCUT2D eigenvalue weighted by atomic mass is 35.5. The van der Waals surface area contributed by atoms with Gasteiger partial charge in [0.2, 0.25) is 0 Å². The summed E-state index contributed by atoms with van der Waals surface area (Å²) < 4.78 is 24.6. The molecule has 0 fully saturated rings. The van der Waals surface area contributed by atoms with Gasteiger partial charge in [-0.15, -0.1) is 0 Å². The number of carbonyl (C=O) groups excluding carboxylic acids is 1. The number of thiazole rings is 1. The Hall–Kier alpha value is -4.34. The smallest absolute Gasteiger partial charge is 0.337 e. The minimum absolute atomic E-state index is 0.228. The maximum absolute atomic E-state index is 14.0. The number of para-hydroxylation sites is 1. The lowest BCUT2D eigenvalue weighted by molar-refractivity contribution is -0.136. The third kappa shape index (κ3) is 5.98. The van der Waals surface area contributed by atoms with Crippen LogP contribution in [0.2, 0.25) is 5.02 Å². The quantitative estimate of drug-likeness (QED) is 0.236. The maximum atomic E-state index is 14.0. The molecule has 8 nitrogen and oxygen atoms in total. The van der Waals surface area contributed by atoms with Gasteiger partial charge in [0.15, 0.2) is 16.3 Å². The number of methoxy groups -OCH3 is 1. The molecular weight excluding hydrogens is 576 g/mol. The van der Waals surface area contributed by atoms with E-state index in [2.05, 4.69) is 4.99 Å². The summed E-state index contributed by atoms with van der Waals surface area (Å²) in [7, 11) is 1.30. The molecule has 10 heteroatoms. The number of carbonyl (C=O) groups is 1. The van der Waals surface area contributed by atoms with Crippen LogP contribution in [-0.4, -0.2) is 30.9 Å². The van der Waals surface area contributed by atoms with E-state index in [-0.39, 0.29) is 17.7 Å². The average molecular weight is 605 g/mol. The van der Waals surface area contributed by atoms with Crippen molar-refractivity contribution in [2.75, 3.05) is 20.3 Å². The van der Waals surface area contributed by atoms with Crippen LogP contribution in [-0.2, 0) is 16.1 Å². The number of halogens is 1. The van der Waals surface area contributed by atoms with E-state index in [9.17, 15) is 9.59 Å². The molecule has 42 heavy (non-hydrogen) atoms. The summed E-state index contributed by atoms with van der Waals surface area (Å²) in [6.45, 7) is 4.92. The molecule has 4 aromatic rings. The van der Waals surface area contributed by atoms with Crippen LogP contribution in [0.25, 0.3) is 6.08 Å². The van der Waals surface area contributed by atoms with Crippen molar-refractivity contribution in [2.45, 2.75) is 26.5 Å². The van der Waals surface area contributed by atoms with Gasteiger partial charge in [0.25, 0.3) is 5.56 Å². The molecule has 0 saturated heterocycles. The SMILES string of the molecule is CCOc1ccc([C@@H]2C(C(=O)OC)=CN=c3s/c(=C/c4ccccc4OCc4ccccc4Cl)c(=O)n32)cc1OCC. The topological polar surface area (TPSA) is 88.4 Å². The molecule has 3 aromatic carbocycles. The Morgan fingerprint density at radius 2 is 1.71 bits per heavy atom. The Morgan fingerprint density at radius 3 is 2.48 bits per heavy atom. The maximum Gasteiger partial charge on any atom is 0.337 e. The van der Waals surface area contributed by atoms with Crippen molar-refractivity contribution >= 4 is 35.0 Å². The predicted octanol–water partition coefficient (Wildman–Crippen LogP) is 5.05. The predicted molar refractivity (Wildman–Crippen MR) is 162 cm³/mol. The van der Waals surface area contributed by atoms with Crippen LogP contribution in [0.1, 0.15) is 36.6 Å². The largest absolute Gasteiger partial charge is 0.490 e. The fourth-order valence-corrected chi connectivity index (χ4v) is 5.78. The van der Waals surface area contributed by atoms with Crippen LogP contribution >= 0.6 is 22.9 Å². The Balaban J connectivity index is 1.59. The van der Waals surface area contributed by atoms with Crippen molar-refractivity contribution < 1.29 is 23.7 Å². The molecule has 0 unspecified atom stereocenters. The first-order valence-corrected chi connectivity index (χ1v) is 14.6. The lowest BCUT2D eigenvalue weighted by Gasteiger charge is -2.23. The number of aromatic nitrogens is 1. The highest BCUT2D eigenvalue weighted by Gasteiger charge is 2.31. The first-order chi connectivity index (χ1) is 20.4. The molecule has 1 aliphatic heterocycles. The third-order valence-electron chi connectivity index (χ3n) is 6.55. The van der Waals surface area contributed by atoms with Gasteiger partial charge in [0.1, 0.15) is 12.4 Å². The van der Waals surface area contributed by atoms with Gasteiger partial charge in [0, 0.05) is 22.3 Å². The summed E-state index contributed by atoms with van der Waals surface area (Å²) in [6.07, 6.45) is 3.23. The molecule has 2 heterocycles. The van der Waals surface area contributed by atoms with E-state index in [4.69, 9.17) is 30.5 Å². The van der Waals surface area contributed by atoms with E-state index < -0.39 is 12.0 Å². The summed E-state index contributed by atoms with van der Waals surface area (Å²) in [4.78, 5) is 31.7. The van der Waals surface area contributed by atoms with Gasteiger partial charge in [-0.25, -0.2) is 9.79 Å². The summed E-state index contributed by atoms with van der Waals surface area (Å²) >= 11 is 7.53. The fraction of sp³-hybridized carbons (Fsp3) is 0.219. The van der Waals surface area contributed by atoms with Crippen molar-refractivity contribution in [3.63, 3.8) is 0 Å². The number of ether oxygens (including phenoxy) is 4. The lowest BCUT2D eigenvalue weighted by Crippen LogP contribution is -2.39. The van der Waals surface area contributed by atoms with E-state index in [0.717, 1.165) is 11.1 Å². The molecule has 1 atom stereocenters. The number of esters is 1. The molecular formula is C32H29ClN2O6S. The highest BCUT2D eigenvalue weighted by Crippen LogP contribution is 2.35. The first kappa shape index (κ1) is 29.2. The molecule has 0 N–H and O–H groups in total. The van der Waals surface area contributed by atoms with Crippen molar-refractivity contribution in [3.8, 4) is 17.2 Å². The third-order valence-corrected chi connectivity index (χ3v) is 7.92. The molecule has 0 aliphatic carbocycles. The van der Waals surface area contributed by atoms with Gasteiger partial charge >= 0.3 is 5.97 Å². The van der Waals surface area contributed by atoms with E-state index in [1.165, 1.54) is 29.2 Å². The van der Waals surface area contributed by atoms with Gasteiger partial charge in [-0.05, 0) is 49.8 Å². The number of rotatable bonds is 10. The second kappa shape index (κ2) is 13.1. The first-order valence-electron chi connectivity index (χ1n) is 13.4. The summed E-state index contributed by atoms with van der Waals surface area (Å²) in [6, 6.07) is 19.5. The van der Waals surface area contributed by atoms with Crippen LogP contribution in [0.3, 0.4) is 0 Å². The Bertz CT molecular complexity index is 1830. The van der Waals surface area contributed by atoms with Crippen molar-refractivity contribution in [1.82, 2.24) is 4.57 Å². The minimum atomic E-state index is -0.780. The molecule has 1 aromatic heterocycles. The van der Waals surface area contributed by atoms with Gasteiger partial charge in [-0.3, -0.25) is 9.36 Å². The minimum Gasteiger partial charge on any atom is -0.490 e. The molecule has 0 bridgehead atoms. The second-order valence-electron chi connectivity index (χ2n) is 9.17. The van der Waals surface area contributed by atoms with Gasteiger partial charge in [-0.2, -0.15) is 0 Å². The van der Waals surface area contributed by atoms with Crippen molar-refractivity contribution in [1.29, 1.82) is 0 Å². The number of nitrogens with zero attached hydrogens (tertiary/aromatic N) is 2. The second-order valence-corrected chi connectivity index (χ2v) is 10.6. The molecule has 216 valence electrons. The van der Waals surface area contributed by atoms with Crippen LogP contribution in [0.5, 0.6) is 17.2 Å². The Morgan fingerprint density at radius 1 is 0.976 bits per heavy atom. The van der Waals surface area contributed by atoms with E-state index in [0.29, 0.717) is 50.4 Å². The van der Waals surface area contributed by atoms with E-state index in [1.807, 2.05) is 68.4 Å². The van der Waals surface area contributed by atoms with Crippen LogP contribution in [0.15, 0.2) is 88.3 Å². The summed E-state index contributed by atoms with van der Waals surface area (Å²) in [5, 5.41) is 0.617. The van der Waals surface area contributed by atoms with E-state index >= 15 is 0 Å². The lowest BCUT2D eigenvalue weighted by atomic mass is 9.97. The molecule has 5 rings (SSSR count). The molecule has 0 saturated carbocycles. The standard InChI is InChI=1S/C32H29ClN2O6S/c1-4-39-26-15-14-21(16-27(26)40-5-2)29-23(31(37)38-3)18-34-32-35(29)30(36)28(42-32)17-20-10-7-9-13-25(20)41-19-22-11-6-8-12-24(22)33/h6-18,29H,4-5,19H2,1-3H3/b28-17+/t29-/m1/s1. The zero-order valence-electron chi connectivity index (χ0n) is 23.3. The van der Waals surface area contributed by atoms with Crippen LogP contribution in [0.4, 0.5) is 0 Å². The highest BCUT2D eigenvalue weighted by molar-refractivity contribution is 7.07. The van der Waals surface area contributed by atoms with Crippen LogP contribution in [0, 0.1) is 0 Å². The Labute approximate surface area is 251 Å².